The standard InChI is InChI=1S/C26H19FIO2S/c1-29-26-22(27)14-19(15-23(26)30-16-17-10-12-18(28)13-11-17)31-24-8-4-2-6-20(24)21-7-3-5-9-25(21)31/h2-15H,16H2,1H3/q+1. The zero-order valence-electron chi connectivity index (χ0n) is 16.8. The Morgan fingerprint density at radius 1 is 0.839 bits per heavy atom. The molecular formula is C26H19FIO2S+. The molecule has 0 fully saturated rings. The summed E-state index contributed by atoms with van der Waals surface area (Å²) in [5.41, 5.74) is 1.02. The highest BCUT2D eigenvalue weighted by atomic mass is 127. The van der Waals surface area contributed by atoms with Gasteiger partial charge in [-0.05, 0) is 64.6 Å². The number of hydrogen-bond donors (Lipinski definition) is 0. The lowest BCUT2D eigenvalue weighted by atomic mass is 10.2. The molecule has 5 heteroatoms. The Morgan fingerprint density at radius 2 is 1.45 bits per heavy atom. The third-order valence-corrected chi connectivity index (χ3v) is 8.25. The summed E-state index contributed by atoms with van der Waals surface area (Å²) >= 11 is 2.27. The van der Waals surface area contributed by atoms with Gasteiger partial charge < -0.3 is 9.47 Å². The van der Waals surface area contributed by atoms with Gasteiger partial charge in [0, 0.05) is 36.9 Å². The summed E-state index contributed by atoms with van der Waals surface area (Å²) in [6.07, 6.45) is 0. The van der Waals surface area contributed by atoms with Crippen LogP contribution in [0.25, 0.3) is 25.1 Å². The molecule has 0 radical (unpaired) electrons. The van der Waals surface area contributed by atoms with Crippen molar-refractivity contribution in [2.75, 3.05) is 7.11 Å². The third-order valence-electron chi connectivity index (χ3n) is 5.23. The van der Waals surface area contributed by atoms with Crippen molar-refractivity contribution in [3.05, 3.63) is 99.9 Å². The number of thiophene rings is 1. The van der Waals surface area contributed by atoms with Crippen molar-refractivity contribution >= 4 is 53.2 Å². The van der Waals surface area contributed by atoms with Crippen molar-refractivity contribution in [3.8, 4) is 16.4 Å². The van der Waals surface area contributed by atoms with Crippen molar-refractivity contribution < 1.29 is 13.9 Å². The van der Waals surface area contributed by atoms with E-state index in [0.29, 0.717) is 12.4 Å². The molecule has 0 bridgehead atoms. The fraction of sp³-hybridized carbons (Fsp3) is 0.0769. The van der Waals surface area contributed by atoms with E-state index in [2.05, 4.69) is 46.9 Å². The molecule has 4 aromatic carbocycles. The second-order valence-corrected chi connectivity index (χ2v) is 10.4. The van der Waals surface area contributed by atoms with Gasteiger partial charge in [-0.15, -0.1) is 0 Å². The highest BCUT2D eigenvalue weighted by Crippen LogP contribution is 2.50. The molecule has 1 heterocycles. The average molecular weight is 541 g/mol. The normalized spacial score (nSPS) is 11.2. The van der Waals surface area contributed by atoms with Crippen LogP contribution >= 0.6 is 33.1 Å². The number of hydrogen-bond acceptors (Lipinski definition) is 2. The van der Waals surface area contributed by atoms with Crippen LogP contribution < -0.4 is 9.47 Å². The molecule has 5 aromatic rings. The summed E-state index contributed by atoms with van der Waals surface area (Å²) in [5.74, 6) is 0.149. The topological polar surface area (TPSA) is 18.5 Å². The molecule has 1 aromatic heterocycles. The summed E-state index contributed by atoms with van der Waals surface area (Å²) in [4.78, 5) is 0.883. The van der Waals surface area contributed by atoms with Gasteiger partial charge in [0.2, 0.25) is 0 Å². The first kappa shape index (κ1) is 20.3. The fourth-order valence-corrected chi connectivity index (χ4v) is 6.59. The van der Waals surface area contributed by atoms with Gasteiger partial charge in [-0.2, -0.15) is 0 Å². The van der Waals surface area contributed by atoms with Crippen LogP contribution in [0.1, 0.15) is 5.56 Å². The lowest BCUT2D eigenvalue weighted by Crippen LogP contribution is -1.99. The van der Waals surface area contributed by atoms with Gasteiger partial charge >= 0.3 is 0 Å². The zero-order chi connectivity index (χ0) is 21.4. The second-order valence-electron chi connectivity index (χ2n) is 7.15. The summed E-state index contributed by atoms with van der Waals surface area (Å²) in [5, 5.41) is 2.41. The minimum atomic E-state index is -0.410. The van der Waals surface area contributed by atoms with Crippen LogP contribution in [0, 0.1) is 9.39 Å². The Hall–Kier alpha value is -2.64. The maximum atomic E-state index is 15.1. The molecular weight excluding hydrogens is 522 g/mol. The highest BCUT2D eigenvalue weighted by Gasteiger charge is 2.26. The largest absolute Gasteiger partial charge is 0.490 e. The van der Waals surface area contributed by atoms with Crippen molar-refractivity contribution in [2.24, 2.45) is 0 Å². The van der Waals surface area contributed by atoms with E-state index in [-0.39, 0.29) is 5.75 Å². The minimum absolute atomic E-state index is 0.138. The van der Waals surface area contributed by atoms with Gasteiger partial charge in [-0.25, -0.2) is 4.39 Å². The van der Waals surface area contributed by atoms with E-state index in [1.54, 1.807) is 6.07 Å². The molecule has 154 valence electrons. The van der Waals surface area contributed by atoms with Gasteiger partial charge in [0.1, 0.15) is 6.61 Å². The average Bonchev–Trinajstić information content (AvgIpc) is 3.13. The Kier molecular flexibility index (Phi) is 5.54. The van der Waals surface area contributed by atoms with Crippen molar-refractivity contribution in [1.29, 1.82) is 0 Å². The van der Waals surface area contributed by atoms with E-state index in [0.717, 1.165) is 14.0 Å². The smallest absolute Gasteiger partial charge is 0.197 e. The molecule has 2 nitrogen and oxygen atoms in total. The quantitative estimate of drug-likeness (QED) is 0.166. The van der Waals surface area contributed by atoms with E-state index in [1.165, 1.54) is 27.3 Å². The van der Waals surface area contributed by atoms with Crippen LogP contribution in [0.3, 0.4) is 0 Å². The number of halogens is 2. The lowest BCUT2D eigenvalue weighted by Gasteiger charge is -2.12. The number of methoxy groups -OCH3 is 1. The first-order valence-electron chi connectivity index (χ1n) is 9.83. The molecule has 0 atom stereocenters. The van der Waals surface area contributed by atoms with E-state index >= 15 is 4.39 Å². The highest BCUT2D eigenvalue weighted by molar-refractivity contribution is 14.1. The van der Waals surface area contributed by atoms with Gasteiger partial charge in [0.15, 0.2) is 31.6 Å². The molecule has 0 spiro atoms. The Balaban J connectivity index is 1.64. The van der Waals surface area contributed by atoms with Crippen molar-refractivity contribution in [1.82, 2.24) is 0 Å². The maximum Gasteiger partial charge on any atom is 0.197 e. The van der Waals surface area contributed by atoms with E-state index in [1.807, 2.05) is 54.6 Å². The molecule has 0 unspecified atom stereocenters. The van der Waals surface area contributed by atoms with Gasteiger partial charge in [0.25, 0.3) is 0 Å². The van der Waals surface area contributed by atoms with Crippen LogP contribution in [0.4, 0.5) is 4.39 Å². The summed E-state index contributed by atoms with van der Waals surface area (Å²) in [6, 6.07) is 28.3. The van der Waals surface area contributed by atoms with Crippen molar-refractivity contribution in [3.63, 3.8) is 0 Å². The maximum absolute atomic E-state index is 15.1. The fourth-order valence-electron chi connectivity index (χ4n) is 3.82. The van der Waals surface area contributed by atoms with Crippen LogP contribution in [0.5, 0.6) is 11.5 Å². The van der Waals surface area contributed by atoms with Crippen LogP contribution in [-0.2, 0) is 6.61 Å². The van der Waals surface area contributed by atoms with Crippen LogP contribution in [0.2, 0.25) is 0 Å². The van der Waals surface area contributed by atoms with E-state index < -0.39 is 16.3 Å². The molecule has 5 rings (SSSR count). The SMILES string of the molecule is COc1c(F)cc(-[s+]2c3ccccc3c3ccccc32)cc1OCc1ccc(I)cc1. The zero-order valence-corrected chi connectivity index (χ0v) is 19.7. The first-order valence-corrected chi connectivity index (χ1v) is 12.1. The monoisotopic (exact) mass is 541 g/mol. The Labute approximate surface area is 196 Å². The number of ether oxygens (including phenoxy) is 2. The van der Waals surface area contributed by atoms with Crippen LogP contribution in [-0.4, -0.2) is 7.11 Å². The predicted molar refractivity (Wildman–Crippen MR) is 135 cm³/mol. The molecule has 31 heavy (non-hydrogen) atoms. The summed E-state index contributed by atoms with van der Waals surface area (Å²) in [6.45, 7) is 0.344. The summed E-state index contributed by atoms with van der Waals surface area (Å²) < 4.78 is 30.1. The van der Waals surface area contributed by atoms with Gasteiger partial charge in [-0.3, -0.25) is 0 Å². The van der Waals surface area contributed by atoms with Gasteiger partial charge in [-0.1, -0.05) is 36.4 Å². The molecule has 0 saturated heterocycles. The predicted octanol–water partition coefficient (Wildman–Crippen LogP) is 8.06. The molecule has 0 amide bonds. The third kappa shape index (κ3) is 3.77. The summed E-state index contributed by atoms with van der Waals surface area (Å²) in [7, 11) is 1.07. The second kappa shape index (κ2) is 8.48. The molecule has 0 aliphatic rings. The lowest BCUT2D eigenvalue weighted by molar-refractivity contribution is 0.278. The number of benzene rings is 4. The van der Waals surface area contributed by atoms with E-state index in [4.69, 9.17) is 9.47 Å². The molecule has 0 aliphatic carbocycles. The molecule has 0 saturated carbocycles. The Morgan fingerprint density at radius 3 is 2.06 bits per heavy atom. The first-order chi connectivity index (χ1) is 15.2. The van der Waals surface area contributed by atoms with E-state index in [9.17, 15) is 0 Å². The Bertz CT molecular complexity index is 1340. The molecule has 0 aliphatic heterocycles. The van der Waals surface area contributed by atoms with Gasteiger partial charge in [0.05, 0.1) is 7.11 Å². The molecule has 0 N–H and O–H groups in total. The van der Waals surface area contributed by atoms with Crippen LogP contribution in [0.15, 0.2) is 84.9 Å². The van der Waals surface area contributed by atoms with Crippen molar-refractivity contribution in [2.45, 2.75) is 6.61 Å². The number of rotatable bonds is 5. The minimum Gasteiger partial charge on any atom is -0.490 e. The number of fused-ring (bicyclic) bond motifs is 3.